The minimum Gasteiger partial charge on any atom is -0.506 e. The van der Waals surface area contributed by atoms with Crippen molar-refractivity contribution in [2.24, 2.45) is 0 Å². The highest BCUT2D eigenvalue weighted by atomic mass is 32.1. The number of hydrogen-bond acceptors (Lipinski definition) is 5. The quantitative estimate of drug-likeness (QED) is 0.513. The Morgan fingerprint density at radius 3 is 2.74 bits per heavy atom. The van der Waals surface area contributed by atoms with Gasteiger partial charge in [0.25, 0.3) is 11.6 Å². The van der Waals surface area contributed by atoms with E-state index in [0.717, 1.165) is 11.6 Å². The Labute approximate surface area is 112 Å². The van der Waals surface area contributed by atoms with E-state index >= 15 is 0 Å². The first-order valence-electron chi connectivity index (χ1n) is 5.32. The number of phenols is 1. The van der Waals surface area contributed by atoms with Gasteiger partial charge in [-0.3, -0.25) is 14.9 Å². The fourth-order valence-electron chi connectivity index (χ4n) is 1.52. The molecule has 0 aliphatic carbocycles. The highest BCUT2D eigenvalue weighted by Crippen LogP contribution is 2.29. The fraction of sp³-hybridized carbons (Fsp3) is 0.0833. The van der Waals surface area contributed by atoms with E-state index in [2.05, 4.69) is 5.32 Å². The third-order valence-electron chi connectivity index (χ3n) is 2.51. The molecule has 98 valence electrons. The molecule has 6 nitrogen and oxygen atoms in total. The molecule has 0 saturated carbocycles. The van der Waals surface area contributed by atoms with Gasteiger partial charge in [0, 0.05) is 12.1 Å². The molecule has 2 N–H and O–H groups in total. The van der Waals surface area contributed by atoms with Crippen LogP contribution in [-0.2, 0) is 0 Å². The number of aromatic hydroxyl groups is 1. The second-order valence-corrected chi connectivity index (χ2v) is 4.76. The van der Waals surface area contributed by atoms with Crippen molar-refractivity contribution in [2.75, 3.05) is 5.32 Å². The summed E-state index contributed by atoms with van der Waals surface area (Å²) in [7, 11) is 0. The highest BCUT2D eigenvalue weighted by Gasteiger charge is 2.15. The van der Waals surface area contributed by atoms with Crippen molar-refractivity contribution in [2.45, 2.75) is 6.92 Å². The van der Waals surface area contributed by atoms with Crippen LogP contribution in [0.15, 0.2) is 29.6 Å². The number of hydrogen-bond donors (Lipinski definition) is 2. The zero-order chi connectivity index (χ0) is 14.0. The highest BCUT2D eigenvalue weighted by molar-refractivity contribution is 7.12. The summed E-state index contributed by atoms with van der Waals surface area (Å²) in [6.45, 7) is 1.79. The SMILES string of the molecule is Cc1ccsc1C(=O)Nc1cc([N+](=O)[O-])ccc1O. The Bertz CT molecular complexity index is 651. The first-order valence-corrected chi connectivity index (χ1v) is 6.20. The fourth-order valence-corrected chi connectivity index (χ4v) is 2.34. The standard InChI is InChI=1S/C12H10N2O4S/c1-7-4-5-19-11(7)12(16)13-9-6-8(14(17)18)2-3-10(9)15/h2-6,15H,1H3,(H,13,16). The van der Waals surface area contributed by atoms with Crippen LogP contribution in [0.25, 0.3) is 0 Å². The average molecular weight is 278 g/mol. The monoisotopic (exact) mass is 278 g/mol. The minimum atomic E-state index is -0.592. The molecule has 0 radical (unpaired) electrons. The Morgan fingerprint density at radius 1 is 1.42 bits per heavy atom. The van der Waals surface area contributed by atoms with Crippen molar-refractivity contribution in [1.82, 2.24) is 0 Å². The largest absolute Gasteiger partial charge is 0.506 e. The molecule has 0 atom stereocenters. The molecule has 7 heteroatoms. The predicted molar refractivity (Wildman–Crippen MR) is 71.8 cm³/mol. The second-order valence-electron chi connectivity index (χ2n) is 3.85. The van der Waals surface area contributed by atoms with E-state index in [9.17, 15) is 20.0 Å². The Morgan fingerprint density at radius 2 is 2.16 bits per heavy atom. The summed E-state index contributed by atoms with van der Waals surface area (Å²) in [5.41, 5.74) is 0.635. The molecule has 19 heavy (non-hydrogen) atoms. The van der Waals surface area contributed by atoms with E-state index < -0.39 is 10.8 Å². The van der Waals surface area contributed by atoms with Gasteiger partial charge in [0.1, 0.15) is 5.75 Å². The van der Waals surface area contributed by atoms with Crippen LogP contribution in [0.3, 0.4) is 0 Å². The van der Waals surface area contributed by atoms with Crippen LogP contribution >= 0.6 is 11.3 Å². The molecule has 0 spiro atoms. The number of rotatable bonds is 3. The van der Waals surface area contributed by atoms with Gasteiger partial charge in [0.05, 0.1) is 15.5 Å². The minimum absolute atomic E-state index is 0.0204. The number of nitro groups is 1. The van der Waals surface area contributed by atoms with Gasteiger partial charge in [0.15, 0.2) is 0 Å². The average Bonchev–Trinajstić information content (AvgIpc) is 2.78. The van der Waals surface area contributed by atoms with Crippen molar-refractivity contribution in [3.63, 3.8) is 0 Å². The summed E-state index contributed by atoms with van der Waals surface area (Å²) in [6, 6.07) is 5.26. The molecule has 0 unspecified atom stereocenters. The summed E-state index contributed by atoms with van der Waals surface area (Å²) in [5.74, 6) is -0.614. The molecular formula is C12H10N2O4S. The molecule has 1 aromatic heterocycles. The number of nitrogens with zero attached hydrogens (tertiary/aromatic N) is 1. The second kappa shape index (κ2) is 5.07. The van der Waals surface area contributed by atoms with Crippen LogP contribution in [-0.4, -0.2) is 15.9 Å². The van der Waals surface area contributed by atoms with Crippen LogP contribution in [0, 0.1) is 17.0 Å². The van der Waals surface area contributed by atoms with Gasteiger partial charge in [0.2, 0.25) is 0 Å². The molecule has 0 fully saturated rings. The molecule has 0 aliphatic rings. The van der Waals surface area contributed by atoms with Crippen molar-refractivity contribution in [3.05, 3.63) is 50.2 Å². The molecule has 1 amide bonds. The molecule has 1 aromatic carbocycles. The Kier molecular flexibility index (Phi) is 3.48. The maximum Gasteiger partial charge on any atom is 0.271 e. The number of carbonyl (C=O) groups is 1. The van der Waals surface area contributed by atoms with Crippen LogP contribution in [0.5, 0.6) is 5.75 Å². The van der Waals surface area contributed by atoms with Crippen LogP contribution in [0.1, 0.15) is 15.2 Å². The molecule has 0 bridgehead atoms. The van der Waals surface area contributed by atoms with E-state index in [1.54, 1.807) is 18.4 Å². The van der Waals surface area contributed by atoms with E-state index in [1.807, 2.05) is 0 Å². The number of anilines is 1. The molecule has 1 heterocycles. The molecular weight excluding hydrogens is 268 g/mol. The van der Waals surface area contributed by atoms with E-state index in [1.165, 1.54) is 23.5 Å². The van der Waals surface area contributed by atoms with Gasteiger partial charge in [-0.2, -0.15) is 0 Å². The van der Waals surface area contributed by atoms with E-state index in [-0.39, 0.29) is 17.1 Å². The van der Waals surface area contributed by atoms with Crippen molar-refractivity contribution in [3.8, 4) is 5.75 Å². The zero-order valence-corrected chi connectivity index (χ0v) is 10.7. The van der Waals surface area contributed by atoms with E-state index in [0.29, 0.717) is 4.88 Å². The number of carbonyl (C=O) groups excluding carboxylic acids is 1. The maximum atomic E-state index is 11.9. The zero-order valence-electron chi connectivity index (χ0n) is 9.91. The van der Waals surface area contributed by atoms with Gasteiger partial charge in [-0.25, -0.2) is 0 Å². The third kappa shape index (κ3) is 2.71. The van der Waals surface area contributed by atoms with E-state index in [4.69, 9.17) is 0 Å². The summed E-state index contributed by atoms with van der Waals surface area (Å²) in [4.78, 5) is 22.5. The van der Waals surface area contributed by atoms with Gasteiger partial charge < -0.3 is 10.4 Å². The first kappa shape index (κ1) is 13.0. The van der Waals surface area contributed by atoms with Crippen LogP contribution in [0.4, 0.5) is 11.4 Å². The lowest BCUT2D eigenvalue weighted by molar-refractivity contribution is -0.384. The molecule has 0 saturated heterocycles. The number of aryl methyl sites for hydroxylation is 1. The summed E-state index contributed by atoms with van der Waals surface area (Å²) < 4.78 is 0. The summed E-state index contributed by atoms with van der Waals surface area (Å²) in [5, 5.41) is 24.5. The normalized spacial score (nSPS) is 10.2. The maximum absolute atomic E-state index is 11.9. The number of non-ortho nitro benzene ring substituents is 1. The number of amides is 1. The number of nitrogens with one attached hydrogen (secondary N) is 1. The lowest BCUT2D eigenvalue weighted by atomic mass is 10.2. The first-order chi connectivity index (χ1) is 8.99. The predicted octanol–water partition coefficient (Wildman–Crippen LogP) is 2.92. The topological polar surface area (TPSA) is 92.5 Å². The van der Waals surface area contributed by atoms with Crippen molar-refractivity contribution >= 4 is 28.6 Å². The van der Waals surface area contributed by atoms with Crippen LogP contribution in [0.2, 0.25) is 0 Å². The Hall–Kier alpha value is -2.41. The lowest BCUT2D eigenvalue weighted by Gasteiger charge is -2.06. The van der Waals surface area contributed by atoms with Gasteiger partial charge in [-0.1, -0.05) is 0 Å². The molecule has 2 aromatic rings. The van der Waals surface area contributed by atoms with Gasteiger partial charge in [-0.05, 0) is 30.0 Å². The molecule has 2 rings (SSSR count). The number of nitro benzene ring substituents is 1. The lowest BCUT2D eigenvalue weighted by Crippen LogP contribution is -2.11. The number of thiophene rings is 1. The summed E-state index contributed by atoms with van der Waals surface area (Å²) in [6.07, 6.45) is 0. The van der Waals surface area contributed by atoms with Crippen molar-refractivity contribution < 1.29 is 14.8 Å². The summed E-state index contributed by atoms with van der Waals surface area (Å²) >= 11 is 1.27. The Balaban J connectivity index is 2.28. The van der Waals surface area contributed by atoms with Crippen LogP contribution < -0.4 is 5.32 Å². The van der Waals surface area contributed by atoms with Gasteiger partial charge in [-0.15, -0.1) is 11.3 Å². The third-order valence-corrected chi connectivity index (χ3v) is 3.52. The van der Waals surface area contributed by atoms with Crippen molar-refractivity contribution in [1.29, 1.82) is 0 Å². The number of phenolic OH excluding ortho intramolecular Hbond substituents is 1. The smallest absolute Gasteiger partial charge is 0.271 e. The number of benzene rings is 1. The molecule has 0 aliphatic heterocycles. The van der Waals surface area contributed by atoms with Gasteiger partial charge >= 0.3 is 0 Å².